The Morgan fingerprint density at radius 3 is 2.61 bits per heavy atom. The number of nitrogens with one attached hydrogen (secondary N) is 1. The van der Waals surface area contributed by atoms with Gasteiger partial charge < -0.3 is 14.6 Å². The van der Waals surface area contributed by atoms with Crippen LogP contribution in [0.4, 0.5) is 0 Å². The average Bonchev–Trinajstić information content (AvgIpc) is 3.30. The predicted octanol–water partition coefficient (Wildman–Crippen LogP) is 3.86. The summed E-state index contributed by atoms with van der Waals surface area (Å²) in [6.45, 7) is 5.43. The smallest absolute Gasteiger partial charge is 0.289 e. The second-order valence-corrected chi connectivity index (χ2v) is 8.46. The summed E-state index contributed by atoms with van der Waals surface area (Å²) in [6, 6.07) is 12.2. The van der Waals surface area contributed by atoms with Gasteiger partial charge in [-0.2, -0.15) is 0 Å². The van der Waals surface area contributed by atoms with E-state index in [-0.39, 0.29) is 29.2 Å². The van der Waals surface area contributed by atoms with E-state index in [2.05, 4.69) is 29.6 Å². The molecule has 2 amide bonds. The van der Waals surface area contributed by atoms with Gasteiger partial charge in [0, 0.05) is 25.6 Å². The second kappa shape index (κ2) is 7.46. The molecule has 1 aliphatic heterocycles. The first-order valence-electron chi connectivity index (χ1n) is 10.2. The average molecular weight is 380 g/mol. The molecule has 1 atom stereocenters. The number of hydrogen-bond donors (Lipinski definition) is 1. The standard InChI is InChI=1S/C23H28N2O3/c1-16(2)24-21(26)14-17-15-23(19-7-4-3-6-18(17)19)9-11-25(12-10-23)22(27)20-8-5-13-28-20/h3-8,13,16-17H,9-12,14-15H2,1-2H3,(H,24,26)/t17-/m1/s1. The number of hydrogen-bond acceptors (Lipinski definition) is 3. The summed E-state index contributed by atoms with van der Waals surface area (Å²) in [5.74, 6) is 0.754. The summed E-state index contributed by atoms with van der Waals surface area (Å²) in [6.07, 6.45) is 4.92. The van der Waals surface area contributed by atoms with Crippen LogP contribution in [0.2, 0.25) is 0 Å². The molecule has 0 bridgehead atoms. The molecular formula is C23H28N2O3. The molecule has 1 spiro atoms. The predicted molar refractivity (Wildman–Crippen MR) is 107 cm³/mol. The lowest BCUT2D eigenvalue weighted by molar-refractivity contribution is -0.122. The Hall–Kier alpha value is -2.56. The van der Waals surface area contributed by atoms with Gasteiger partial charge in [-0.1, -0.05) is 24.3 Å². The first-order chi connectivity index (χ1) is 13.5. The number of rotatable bonds is 4. The third kappa shape index (κ3) is 3.46. The number of furan rings is 1. The zero-order chi connectivity index (χ0) is 19.7. The van der Waals surface area contributed by atoms with Gasteiger partial charge in [0.2, 0.25) is 5.91 Å². The van der Waals surface area contributed by atoms with Crippen molar-refractivity contribution in [3.63, 3.8) is 0 Å². The van der Waals surface area contributed by atoms with Crippen molar-refractivity contribution in [3.8, 4) is 0 Å². The van der Waals surface area contributed by atoms with E-state index in [0.717, 1.165) is 32.4 Å². The van der Waals surface area contributed by atoms with Gasteiger partial charge in [0.1, 0.15) is 0 Å². The molecule has 2 aliphatic rings. The quantitative estimate of drug-likeness (QED) is 0.876. The fourth-order valence-corrected chi connectivity index (χ4v) is 4.98. The van der Waals surface area contributed by atoms with Gasteiger partial charge in [0.05, 0.1) is 6.26 Å². The molecular weight excluding hydrogens is 352 g/mol. The van der Waals surface area contributed by atoms with E-state index in [0.29, 0.717) is 12.2 Å². The summed E-state index contributed by atoms with van der Waals surface area (Å²) in [5, 5.41) is 3.03. The van der Waals surface area contributed by atoms with Crippen molar-refractivity contribution < 1.29 is 14.0 Å². The summed E-state index contributed by atoms with van der Waals surface area (Å²) in [5.41, 5.74) is 2.76. The number of benzene rings is 1. The van der Waals surface area contributed by atoms with Crippen molar-refractivity contribution in [1.82, 2.24) is 10.2 Å². The number of piperidine rings is 1. The fraction of sp³-hybridized carbons (Fsp3) is 0.478. The minimum Gasteiger partial charge on any atom is -0.459 e. The Labute approximate surface area is 166 Å². The number of nitrogens with zero attached hydrogens (tertiary/aromatic N) is 1. The molecule has 4 rings (SSSR count). The Morgan fingerprint density at radius 2 is 1.93 bits per heavy atom. The van der Waals surface area contributed by atoms with Crippen molar-refractivity contribution >= 4 is 11.8 Å². The SMILES string of the molecule is CC(C)NC(=O)C[C@@H]1CC2(CCN(C(=O)c3ccco3)CC2)c2ccccc21. The molecule has 28 heavy (non-hydrogen) atoms. The van der Waals surface area contributed by atoms with Crippen LogP contribution in [0, 0.1) is 0 Å². The maximum atomic E-state index is 12.6. The summed E-state index contributed by atoms with van der Waals surface area (Å²) >= 11 is 0. The van der Waals surface area contributed by atoms with Gasteiger partial charge in [-0.05, 0) is 67.7 Å². The van der Waals surface area contributed by atoms with Crippen LogP contribution in [-0.2, 0) is 10.2 Å². The van der Waals surface area contributed by atoms with Crippen molar-refractivity contribution in [2.45, 2.75) is 56.9 Å². The van der Waals surface area contributed by atoms with Gasteiger partial charge in [0.15, 0.2) is 5.76 Å². The lowest BCUT2D eigenvalue weighted by atomic mass is 9.73. The van der Waals surface area contributed by atoms with Crippen LogP contribution in [0.3, 0.4) is 0 Å². The number of carbonyl (C=O) groups excluding carboxylic acids is 2. The van der Waals surface area contributed by atoms with Crippen molar-refractivity contribution in [2.24, 2.45) is 0 Å². The van der Waals surface area contributed by atoms with Crippen molar-refractivity contribution in [1.29, 1.82) is 0 Å². The van der Waals surface area contributed by atoms with Crippen molar-refractivity contribution in [3.05, 3.63) is 59.5 Å². The summed E-state index contributed by atoms with van der Waals surface area (Å²) < 4.78 is 5.28. The van der Waals surface area contributed by atoms with Crippen LogP contribution < -0.4 is 5.32 Å². The first-order valence-corrected chi connectivity index (χ1v) is 10.2. The van der Waals surface area contributed by atoms with E-state index in [1.54, 1.807) is 18.4 Å². The van der Waals surface area contributed by atoms with Crippen LogP contribution in [-0.4, -0.2) is 35.8 Å². The lowest BCUT2D eigenvalue weighted by Crippen LogP contribution is -2.44. The van der Waals surface area contributed by atoms with Gasteiger partial charge in [-0.3, -0.25) is 9.59 Å². The van der Waals surface area contributed by atoms with Gasteiger partial charge in [-0.25, -0.2) is 0 Å². The zero-order valence-corrected chi connectivity index (χ0v) is 16.6. The highest BCUT2D eigenvalue weighted by Crippen LogP contribution is 2.52. The Balaban J connectivity index is 1.49. The number of likely N-dealkylation sites (tertiary alicyclic amines) is 1. The largest absolute Gasteiger partial charge is 0.459 e. The first kappa shape index (κ1) is 18.8. The highest BCUT2D eigenvalue weighted by atomic mass is 16.3. The Morgan fingerprint density at radius 1 is 1.18 bits per heavy atom. The van der Waals surface area contributed by atoms with Crippen molar-refractivity contribution in [2.75, 3.05) is 13.1 Å². The van der Waals surface area contributed by atoms with E-state index >= 15 is 0 Å². The molecule has 5 heteroatoms. The molecule has 1 aromatic carbocycles. The molecule has 1 saturated heterocycles. The van der Waals surface area contributed by atoms with E-state index in [1.807, 2.05) is 18.7 Å². The molecule has 0 unspecified atom stereocenters. The molecule has 1 fully saturated rings. The van der Waals surface area contributed by atoms with Crippen LogP contribution >= 0.6 is 0 Å². The van der Waals surface area contributed by atoms with Crippen LogP contribution in [0.5, 0.6) is 0 Å². The highest BCUT2D eigenvalue weighted by Gasteiger charge is 2.46. The molecule has 1 aliphatic carbocycles. The van der Waals surface area contributed by atoms with Crippen LogP contribution in [0.25, 0.3) is 0 Å². The highest BCUT2D eigenvalue weighted by molar-refractivity contribution is 5.91. The molecule has 5 nitrogen and oxygen atoms in total. The zero-order valence-electron chi connectivity index (χ0n) is 16.6. The minimum absolute atomic E-state index is 0.0287. The third-order valence-electron chi connectivity index (χ3n) is 6.23. The van der Waals surface area contributed by atoms with E-state index in [4.69, 9.17) is 4.42 Å². The number of fused-ring (bicyclic) bond motifs is 2. The Kier molecular flexibility index (Phi) is 5.00. The molecule has 0 saturated carbocycles. The molecule has 2 heterocycles. The van der Waals surface area contributed by atoms with E-state index < -0.39 is 0 Å². The maximum absolute atomic E-state index is 12.6. The van der Waals surface area contributed by atoms with Crippen LogP contribution in [0.15, 0.2) is 47.1 Å². The molecule has 0 radical (unpaired) electrons. The molecule has 1 aromatic heterocycles. The van der Waals surface area contributed by atoms with Gasteiger partial charge in [-0.15, -0.1) is 0 Å². The number of amides is 2. The topological polar surface area (TPSA) is 62.6 Å². The van der Waals surface area contributed by atoms with E-state index in [9.17, 15) is 9.59 Å². The molecule has 1 N–H and O–H groups in total. The van der Waals surface area contributed by atoms with Gasteiger partial charge in [0.25, 0.3) is 5.91 Å². The maximum Gasteiger partial charge on any atom is 0.289 e. The Bertz CT molecular complexity index is 848. The normalized spacial score (nSPS) is 20.4. The summed E-state index contributed by atoms with van der Waals surface area (Å²) in [4.78, 5) is 26.9. The second-order valence-electron chi connectivity index (χ2n) is 8.46. The van der Waals surface area contributed by atoms with Crippen LogP contribution in [0.1, 0.15) is 67.1 Å². The van der Waals surface area contributed by atoms with E-state index in [1.165, 1.54) is 11.1 Å². The fourth-order valence-electron chi connectivity index (χ4n) is 4.98. The lowest BCUT2D eigenvalue weighted by Gasteiger charge is -2.40. The third-order valence-corrected chi connectivity index (χ3v) is 6.23. The molecule has 2 aromatic rings. The minimum atomic E-state index is -0.0287. The number of carbonyl (C=O) groups is 2. The van der Waals surface area contributed by atoms with Gasteiger partial charge >= 0.3 is 0 Å². The monoisotopic (exact) mass is 380 g/mol. The summed E-state index contributed by atoms with van der Waals surface area (Å²) in [7, 11) is 0. The molecule has 148 valence electrons.